The first-order valence-corrected chi connectivity index (χ1v) is 11.9. The molecule has 1 aromatic heterocycles. The van der Waals surface area contributed by atoms with Crippen molar-refractivity contribution in [2.75, 3.05) is 32.6 Å². The lowest BCUT2D eigenvalue weighted by Crippen LogP contribution is -2.43. The van der Waals surface area contributed by atoms with Crippen molar-refractivity contribution in [3.05, 3.63) is 52.5 Å². The average Bonchev–Trinajstić information content (AvgIpc) is 3.45. The van der Waals surface area contributed by atoms with Crippen LogP contribution in [0.4, 0.5) is 5.82 Å². The maximum atomic E-state index is 13.9. The molecule has 0 spiro atoms. The van der Waals surface area contributed by atoms with Gasteiger partial charge in [0.1, 0.15) is 11.6 Å². The van der Waals surface area contributed by atoms with Crippen molar-refractivity contribution >= 4 is 11.7 Å². The molecular weight excluding hydrogens is 398 g/mol. The molecule has 1 atom stereocenters. The van der Waals surface area contributed by atoms with Crippen LogP contribution >= 0.6 is 0 Å². The quantitative estimate of drug-likeness (QED) is 0.742. The highest BCUT2D eigenvalue weighted by Crippen LogP contribution is 2.43. The molecule has 1 saturated heterocycles. The van der Waals surface area contributed by atoms with Gasteiger partial charge in [0.25, 0.3) is 0 Å². The Balaban J connectivity index is 1.62. The van der Waals surface area contributed by atoms with Gasteiger partial charge >= 0.3 is 0 Å². The highest BCUT2D eigenvalue weighted by atomic mass is 16.2. The summed E-state index contributed by atoms with van der Waals surface area (Å²) >= 11 is 0. The molecule has 0 radical (unpaired) electrons. The van der Waals surface area contributed by atoms with E-state index in [-0.39, 0.29) is 11.9 Å². The molecule has 6 nitrogen and oxygen atoms in total. The van der Waals surface area contributed by atoms with E-state index in [0.717, 1.165) is 62.4 Å². The van der Waals surface area contributed by atoms with Gasteiger partial charge in [0.2, 0.25) is 5.91 Å². The second kappa shape index (κ2) is 9.18. The van der Waals surface area contributed by atoms with Gasteiger partial charge in [-0.05, 0) is 51.6 Å². The minimum atomic E-state index is -0.418. The van der Waals surface area contributed by atoms with E-state index in [1.165, 1.54) is 16.7 Å². The Bertz CT molecular complexity index is 954. The van der Waals surface area contributed by atoms with E-state index in [1.54, 1.807) is 0 Å². The molecule has 1 aliphatic heterocycles. The SMILES string of the molecule is Cc1cc(C)cc(C2(C(=O)N(C)Cc3cc(N(C)C)nc([C@H]4CCCN4)n3)CCCC2)c1. The van der Waals surface area contributed by atoms with Gasteiger partial charge in [0.15, 0.2) is 0 Å². The zero-order valence-electron chi connectivity index (χ0n) is 20.2. The molecule has 4 rings (SSSR count). The highest BCUT2D eigenvalue weighted by Gasteiger charge is 2.44. The summed E-state index contributed by atoms with van der Waals surface area (Å²) in [5.74, 6) is 1.95. The molecular formula is C26H37N5O. The van der Waals surface area contributed by atoms with Gasteiger partial charge in [0.05, 0.1) is 23.7 Å². The number of hydrogen-bond donors (Lipinski definition) is 1. The molecule has 1 amide bonds. The number of likely N-dealkylation sites (N-methyl/N-ethyl adjacent to an activating group) is 1. The summed E-state index contributed by atoms with van der Waals surface area (Å²) in [6.07, 6.45) is 6.24. The molecule has 1 saturated carbocycles. The summed E-state index contributed by atoms with van der Waals surface area (Å²) < 4.78 is 0. The van der Waals surface area contributed by atoms with E-state index in [2.05, 4.69) is 37.4 Å². The second-order valence-electron chi connectivity index (χ2n) is 9.95. The lowest BCUT2D eigenvalue weighted by Gasteiger charge is -2.33. The third-order valence-electron chi connectivity index (χ3n) is 7.00. The molecule has 2 aliphatic rings. The van der Waals surface area contributed by atoms with Gasteiger partial charge in [-0.3, -0.25) is 4.79 Å². The number of nitrogens with one attached hydrogen (secondary N) is 1. The van der Waals surface area contributed by atoms with Crippen molar-refractivity contribution in [2.24, 2.45) is 0 Å². The van der Waals surface area contributed by atoms with Crippen LogP contribution in [0, 0.1) is 13.8 Å². The first-order valence-electron chi connectivity index (χ1n) is 11.9. The maximum absolute atomic E-state index is 13.9. The van der Waals surface area contributed by atoms with Crippen LogP contribution in [-0.4, -0.2) is 48.5 Å². The number of benzene rings is 1. The predicted molar refractivity (Wildman–Crippen MR) is 129 cm³/mol. The summed E-state index contributed by atoms with van der Waals surface area (Å²) in [6, 6.07) is 8.82. The van der Waals surface area contributed by atoms with Crippen molar-refractivity contribution in [1.29, 1.82) is 0 Å². The largest absolute Gasteiger partial charge is 0.363 e. The number of aryl methyl sites for hydroxylation is 2. The van der Waals surface area contributed by atoms with Gasteiger partial charge in [0, 0.05) is 27.2 Å². The van der Waals surface area contributed by atoms with Gasteiger partial charge < -0.3 is 15.1 Å². The smallest absolute Gasteiger partial charge is 0.233 e. The monoisotopic (exact) mass is 435 g/mol. The standard InChI is InChI=1S/C26H37N5O/c1-18-13-19(2)15-20(14-18)26(10-6-7-11-26)25(32)31(5)17-21-16-23(30(3)4)29-24(28-21)22-9-8-12-27-22/h13-16,22,27H,6-12,17H2,1-5H3/t22-/m1/s1. The van der Waals surface area contributed by atoms with E-state index < -0.39 is 5.41 Å². The van der Waals surface area contributed by atoms with E-state index in [9.17, 15) is 4.79 Å². The van der Waals surface area contributed by atoms with E-state index in [0.29, 0.717) is 6.54 Å². The maximum Gasteiger partial charge on any atom is 0.233 e. The summed E-state index contributed by atoms with van der Waals surface area (Å²) in [5.41, 5.74) is 4.11. The summed E-state index contributed by atoms with van der Waals surface area (Å²) in [5, 5.41) is 3.50. The number of anilines is 1. The highest BCUT2D eigenvalue weighted by molar-refractivity contribution is 5.88. The van der Waals surface area contributed by atoms with Crippen LogP contribution in [0.25, 0.3) is 0 Å². The zero-order chi connectivity index (χ0) is 22.9. The molecule has 6 heteroatoms. The van der Waals surface area contributed by atoms with Crippen LogP contribution in [0.5, 0.6) is 0 Å². The van der Waals surface area contributed by atoms with Crippen molar-refractivity contribution in [3.63, 3.8) is 0 Å². The van der Waals surface area contributed by atoms with E-state index >= 15 is 0 Å². The van der Waals surface area contributed by atoms with Gasteiger partial charge in [-0.25, -0.2) is 9.97 Å². The lowest BCUT2D eigenvalue weighted by atomic mass is 9.76. The molecule has 1 aliphatic carbocycles. The molecule has 32 heavy (non-hydrogen) atoms. The molecule has 0 bridgehead atoms. The number of hydrogen-bond acceptors (Lipinski definition) is 5. The van der Waals surface area contributed by atoms with Gasteiger partial charge in [-0.1, -0.05) is 42.2 Å². The Morgan fingerprint density at radius 1 is 1.03 bits per heavy atom. The van der Waals surface area contributed by atoms with Crippen molar-refractivity contribution in [2.45, 2.75) is 70.4 Å². The van der Waals surface area contributed by atoms with Crippen LogP contribution in [-0.2, 0) is 16.8 Å². The molecule has 2 fully saturated rings. The third-order valence-corrected chi connectivity index (χ3v) is 7.00. The molecule has 2 heterocycles. The van der Waals surface area contributed by atoms with Crippen LogP contribution in [0.3, 0.4) is 0 Å². The predicted octanol–water partition coefficient (Wildman–Crippen LogP) is 4.05. The van der Waals surface area contributed by atoms with Crippen LogP contribution in [0.1, 0.15) is 72.8 Å². The third kappa shape index (κ3) is 4.51. The minimum absolute atomic E-state index is 0.200. The number of rotatable bonds is 6. The Labute approximate surface area is 192 Å². The molecule has 172 valence electrons. The fourth-order valence-corrected chi connectivity index (χ4v) is 5.41. The molecule has 2 aromatic rings. The Hall–Kier alpha value is -2.47. The number of carbonyl (C=O) groups is 1. The Morgan fingerprint density at radius 3 is 2.31 bits per heavy atom. The van der Waals surface area contributed by atoms with Gasteiger partial charge in [-0.2, -0.15) is 0 Å². The van der Waals surface area contributed by atoms with E-state index in [1.807, 2.05) is 37.0 Å². The first-order chi connectivity index (χ1) is 15.3. The summed E-state index contributed by atoms with van der Waals surface area (Å²) in [4.78, 5) is 27.5. The van der Waals surface area contributed by atoms with Crippen LogP contribution in [0.15, 0.2) is 24.3 Å². The number of carbonyl (C=O) groups excluding carboxylic acids is 1. The molecule has 0 unspecified atom stereocenters. The fourth-order valence-electron chi connectivity index (χ4n) is 5.41. The summed E-state index contributed by atoms with van der Waals surface area (Å²) in [6.45, 7) is 5.74. The van der Waals surface area contributed by atoms with E-state index in [4.69, 9.17) is 9.97 Å². The molecule has 1 aromatic carbocycles. The van der Waals surface area contributed by atoms with Gasteiger partial charge in [-0.15, -0.1) is 0 Å². The number of amides is 1. The average molecular weight is 436 g/mol. The molecule has 1 N–H and O–H groups in total. The Kier molecular flexibility index (Phi) is 6.52. The zero-order valence-corrected chi connectivity index (χ0v) is 20.2. The van der Waals surface area contributed by atoms with Crippen molar-refractivity contribution in [1.82, 2.24) is 20.2 Å². The lowest BCUT2D eigenvalue weighted by molar-refractivity contribution is -0.136. The number of aromatic nitrogens is 2. The van der Waals surface area contributed by atoms with Crippen molar-refractivity contribution in [3.8, 4) is 0 Å². The second-order valence-corrected chi connectivity index (χ2v) is 9.95. The summed E-state index contributed by atoms with van der Waals surface area (Å²) in [7, 11) is 5.93. The van der Waals surface area contributed by atoms with Crippen molar-refractivity contribution < 1.29 is 4.79 Å². The first kappa shape index (κ1) is 22.7. The fraction of sp³-hybridized carbons (Fsp3) is 0.577. The minimum Gasteiger partial charge on any atom is -0.363 e. The number of nitrogens with zero attached hydrogens (tertiary/aromatic N) is 4. The Morgan fingerprint density at radius 2 is 1.72 bits per heavy atom. The topological polar surface area (TPSA) is 61.4 Å². The van der Waals surface area contributed by atoms with Crippen LogP contribution in [0.2, 0.25) is 0 Å². The van der Waals surface area contributed by atoms with Crippen LogP contribution < -0.4 is 10.2 Å². The normalized spacial score (nSPS) is 19.8.